The third-order valence-corrected chi connectivity index (χ3v) is 5.18. The Morgan fingerprint density at radius 1 is 1.05 bits per heavy atom. The maximum atomic E-state index is 12.3. The van der Waals surface area contributed by atoms with Crippen molar-refractivity contribution in [2.24, 2.45) is 7.05 Å². The van der Waals surface area contributed by atoms with E-state index in [1.807, 2.05) is 6.92 Å². The van der Waals surface area contributed by atoms with Gasteiger partial charge in [0.1, 0.15) is 0 Å². The van der Waals surface area contributed by atoms with E-state index in [0.29, 0.717) is 5.56 Å². The Balaban J connectivity index is 2.33. The number of benzene rings is 1. The number of hydrogen-bond donors (Lipinski definition) is 0. The monoisotopic (exact) mass is 322 g/mol. The van der Waals surface area contributed by atoms with Crippen molar-refractivity contribution in [2.45, 2.75) is 25.3 Å². The zero-order valence-electron chi connectivity index (χ0n) is 12.7. The van der Waals surface area contributed by atoms with Crippen LogP contribution in [0.15, 0.2) is 44.9 Å². The lowest BCUT2D eigenvalue weighted by Crippen LogP contribution is -2.41. The van der Waals surface area contributed by atoms with E-state index in [1.54, 1.807) is 19.1 Å². The van der Waals surface area contributed by atoms with E-state index in [2.05, 4.69) is 0 Å². The molecular formula is C15H18N2O4S. The van der Waals surface area contributed by atoms with Gasteiger partial charge < -0.3 is 4.57 Å². The van der Waals surface area contributed by atoms with Crippen LogP contribution in [0.3, 0.4) is 0 Å². The third kappa shape index (κ3) is 3.19. The molecule has 0 atom stereocenters. The molecule has 118 valence electrons. The van der Waals surface area contributed by atoms with Gasteiger partial charge in [0.2, 0.25) is 0 Å². The van der Waals surface area contributed by atoms with Crippen LogP contribution < -0.4 is 11.2 Å². The molecule has 0 spiro atoms. The van der Waals surface area contributed by atoms with Crippen molar-refractivity contribution >= 4 is 9.84 Å². The third-order valence-electron chi connectivity index (χ3n) is 3.47. The van der Waals surface area contributed by atoms with Crippen LogP contribution in [-0.4, -0.2) is 23.3 Å². The molecule has 2 rings (SSSR count). The minimum Gasteiger partial charge on any atom is -0.303 e. The van der Waals surface area contributed by atoms with Crippen molar-refractivity contribution in [1.82, 2.24) is 9.13 Å². The molecule has 22 heavy (non-hydrogen) atoms. The Bertz CT molecular complexity index is 872. The van der Waals surface area contributed by atoms with E-state index < -0.39 is 21.1 Å². The van der Waals surface area contributed by atoms with Crippen LogP contribution in [0.1, 0.15) is 11.1 Å². The molecule has 0 N–H and O–H groups in total. The van der Waals surface area contributed by atoms with Crippen LogP contribution in [0.4, 0.5) is 0 Å². The molecular weight excluding hydrogens is 304 g/mol. The quantitative estimate of drug-likeness (QED) is 0.827. The summed E-state index contributed by atoms with van der Waals surface area (Å²) < 4.78 is 26.8. The number of nitrogens with zero attached hydrogens (tertiary/aromatic N) is 2. The van der Waals surface area contributed by atoms with Gasteiger partial charge in [-0.25, -0.2) is 13.2 Å². The molecule has 1 heterocycles. The van der Waals surface area contributed by atoms with Crippen molar-refractivity contribution < 1.29 is 8.42 Å². The van der Waals surface area contributed by atoms with Crippen LogP contribution in [0.25, 0.3) is 0 Å². The summed E-state index contributed by atoms with van der Waals surface area (Å²) in [6, 6.07) is 6.49. The first-order chi connectivity index (χ1) is 10.2. The molecule has 1 aromatic heterocycles. The van der Waals surface area contributed by atoms with E-state index >= 15 is 0 Å². The SMILES string of the molecule is Cc1ccc(S(=O)(=O)CCn2c(=O)c(C)cn(C)c2=O)cc1. The second-order valence-corrected chi connectivity index (χ2v) is 7.40. The summed E-state index contributed by atoms with van der Waals surface area (Å²) in [4.78, 5) is 24.2. The minimum atomic E-state index is -3.54. The van der Waals surface area contributed by atoms with E-state index in [1.165, 1.54) is 29.9 Å². The fourth-order valence-electron chi connectivity index (χ4n) is 2.16. The number of aryl methyl sites for hydroxylation is 3. The van der Waals surface area contributed by atoms with Gasteiger partial charge >= 0.3 is 5.69 Å². The van der Waals surface area contributed by atoms with Gasteiger partial charge in [-0.15, -0.1) is 0 Å². The highest BCUT2D eigenvalue weighted by Crippen LogP contribution is 2.12. The number of aromatic nitrogens is 2. The number of sulfone groups is 1. The van der Waals surface area contributed by atoms with Crippen LogP contribution in [0.5, 0.6) is 0 Å². The highest BCUT2D eigenvalue weighted by atomic mass is 32.2. The van der Waals surface area contributed by atoms with Gasteiger partial charge in [0.25, 0.3) is 5.56 Å². The molecule has 0 radical (unpaired) electrons. The molecule has 1 aromatic carbocycles. The Hall–Kier alpha value is -2.15. The van der Waals surface area contributed by atoms with Gasteiger partial charge in [0, 0.05) is 25.4 Å². The molecule has 0 bridgehead atoms. The van der Waals surface area contributed by atoms with Crippen molar-refractivity contribution in [1.29, 1.82) is 0 Å². The molecule has 0 aliphatic rings. The lowest BCUT2D eigenvalue weighted by molar-refractivity contribution is 0.574. The number of hydrogen-bond acceptors (Lipinski definition) is 4. The normalized spacial score (nSPS) is 11.6. The first-order valence-electron chi connectivity index (χ1n) is 6.79. The predicted octanol–water partition coefficient (Wildman–Crippen LogP) is 0.638. The fourth-order valence-corrected chi connectivity index (χ4v) is 3.37. The second-order valence-electron chi connectivity index (χ2n) is 5.29. The summed E-state index contributed by atoms with van der Waals surface area (Å²) in [5.74, 6) is -0.297. The predicted molar refractivity (Wildman–Crippen MR) is 83.9 cm³/mol. The Morgan fingerprint density at radius 3 is 2.23 bits per heavy atom. The minimum absolute atomic E-state index is 0.163. The van der Waals surface area contributed by atoms with Gasteiger partial charge in [-0.3, -0.25) is 9.36 Å². The van der Waals surface area contributed by atoms with E-state index in [9.17, 15) is 18.0 Å². The van der Waals surface area contributed by atoms with Crippen LogP contribution >= 0.6 is 0 Å². The Morgan fingerprint density at radius 2 is 1.64 bits per heavy atom. The molecule has 0 aliphatic carbocycles. The highest BCUT2D eigenvalue weighted by molar-refractivity contribution is 7.91. The summed E-state index contributed by atoms with van der Waals surface area (Å²) >= 11 is 0. The Kier molecular flexibility index (Phi) is 4.37. The Labute approximate surface area is 128 Å². The van der Waals surface area contributed by atoms with Gasteiger partial charge in [0.05, 0.1) is 10.6 Å². The fraction of sp³-hybridized carbons (Fsp3) is 0.333. The smallest absolute Gasteiger partial charge is 0.303 e. The summed E-state index contributed by atoms with van der Waals surface area (Å²) in [7, 11) is -2.01. The first-order valence-corrected chi connectivity index (χ1v) is 8.44. The van der Waals surface area contributed by atoms with Crippen molar-refractivity contribution in [2.75, 3.05) is 5.75 Å². The molecule has 2 aromatic rings. The lowest BCUT2D eigenvalue weighted by Gasteiger charge is -2.09. The lowest BCUT2D eigenvalue weighted by atomic mass is 10.2. The maximum Gasteiger partial charge on any atom is 0.330 e. The maximum absolute atomic E-state index is 12.3. The van der Waals surface area contributed by atoms with Gasteiger partial charge in [0.15, 0.2) is 9.84 Å². The second kappa shape index (κ2) is 5.92. The van der Waals surface area contributed by atoms with E-state index in [4.69, 9.17) is 0 Å². The number of rotatable bonds is 4. The van der Waals surface area contributed by atoms with Crippen molar-refractivity contribution in [3.63, 3.8) is 0 Å². The van der Waals surface area contributed by atoms with Gasteiger partial charge in [-0.1, -0.05) is 17.7 Å². The molecule has 0 amide bonds. The zero-order chi connectivity index (χ0) is 16.5. The molecule has 0 fully saturated rings. The standard InChI is InChI=1S/C15H18N2O4S/c1-11-4-6-13(7-5-11)22(20,21)9-8-17-14(18)12(2)10-16(3)15(17)19/h4-7,10H,8-9H2,1-3H3. The van der Waals surface area contributed by atoms with Crippen LogP contribution in [0.2, 0.25) is 0 Å². The highest BCUT2D eigenvalue weighted by Gasteiger charge is 2.16. The van der Waals surface area contributed by atoms with E-state index in [-0.39, 0.29) is 17.2 Å². The van der Waals surface area contributed by atoms with Crippen LogP contribution in [0, 0.1) is 13.8 Å². The zero-order valence-corrected chi connectivity index (χ0v) is 13.6. The van der Waals surface area contributed by atoms with Gasteiger partial charge in [-0.05, 0) is 26.0 Å². The molecule has 0 unspecified atom stereocenters. The molecule has 0 saturated heterocycles. The average Bonchev–Trinajstić information content (AvgIpc) is 2.45. The van der Waals surface area contributed by atoms with Crippen molar-refractivity contribution in [3.05, 3.63) is 62.4 Å². The van der Waals surface area contributed by atoms with Crippen LogP contribution in [-0.2, 0) is 23.4 Å². The van der Waals surface area contributed by atoms with Crippen molar-refractivity contribution in [3.8, 4) is 0 Å². The van der Waals surface area contributed by atoms with E-state index in [0.717, 1.165) is 10.1 Å². The molecule has 0 saturated carbocycles. The summed E-state index contributed by atoms with van der Waals surface area (Å²) in [5, 5.41) is 0. The first kappa shape index (κ1) is 16.2. The average molecular weight is 322 g/mol. The summed E-state index contributed by atoms with van der Waals surface area (Å²) in [5.41, 5.74) is 0.384. The molecule has 0 aliphatic heterocycles. The molecule has 6 nitrogen and oxygen atoms in total. The van der Waals surface area contributed by atoms with Gasteiger partial charge in [-0.2, -0.15) is 0 Å². The largest absolute Gasteiger partial charge is 0.330 e. The summed E-state index contributed by atoms with van der Waals surface area (Å²) in [6.07, 6.45) is 1.44. The topological polar surface area (TPSA) is 78.1 Å². The molecule has 7 heteroatoms. The summed E-state index contributed by atoms with van der Waals surface area (Å²) in [6.45, 7) is 3.29.